The lowest BCUT2D eigenvalue weighted by Gasteiger charge is -2.13. The molecule has 0 atom stereocenters. The highest BCUT2D eigenvalue weighted by Crippen LogP contribution is 2.36. The smallest absolute Gasteiger partial charge is 0.156 e. The molecule has 0 bridgehead atoms. The number of benzene rings is 2. The molecule has 0 saturated heterocycles. The number of ether oxygens (including phenoxy) is 1. The summed E-state index contributed by atoms with van der Waals surface area (Å²) < 4.78 is 6.66. The van der Waals surface area contributed by atoms with Gasteiger partial charge in [-0.25, -0.2) is 4.98 Å². The molecule has 0 aliphatic carbocycles. The van der Waals surface area contributed by atoms with Gasteiger partial charge in [-0.1, -0.05) is 35.3 Å². The van der Waals surface area contributed by atoms with Crippen LogP contribution in [0.5, 0.6) is 5.75 Å². The Bertz CT molecular complexity index is 946. The van der Waals surface area contributed by atoms with Crippen molar-refractivity contribution in [2.45, 2.75) is 20.0 Å². The van der Waals surface area contributed by atoms with E-state index in [4.69, 9.17) is 27.9 Å². The monoisotopic (exact) mass is 388 g/mol. The number of fused-ring (bicyclic) bond motifs is 1. The van der Waals surface area contributed by atoms with E-state index in [-0.39, 0.29) is 6.10 Å². The number of hydrogen-bond acceptors (Lipinski definition) is 4. The van der Waals surface area contributed by atoms with Crippen LogP contribution in [0.4, 0.5) is 0 Å². The van der Waals surface area contributed by atoms with E-state index in [0.29, 0.717) is 26.4 Å². The van der Waals surface area contributed by atoms with Crippen molar-refractivity contribution in [2.24, 2.45) is 0 Å². The molecule has 3 aromatic rings. The maximum absolute atomic E-state index is 9.54. The van der Waals surface area contributed by atoms with Gasteiger partial charge in [-0.3, -0.25) is 0 Å². The molecular formula is C19H14Cl2N2OS. The molecule has 1 aromatic heterocycles. The minimum absolute atomic E-state index is 0.0335. The Balaban J connectivity index is 2.01. The standard InChI is InChI=1S/C19H14Cl2N2OS/c1-11(2)24-18-14(20)8-12(9-15(18)21)7-13(10-22)19-23-16-5-3-4-6-17(16)25-19/h3-9,11H,1-2H3/b13-7-. The third kappa shape index (κ3) is 3.96. The second-order valence-corrected chi connectivity index (χ2v) is 7.48. The molecule has 3 nitrogen and oxygen atoms in total. The summed E-state index contributed by atoms with van der Waals surface area (Å²) in [6, 6.07) is 13.5. The lowest BCUT2D eigenvalue weighted by Crippen LogP contribution is -2.06. The molecule has 2 aromatic carbocycles. The van der Waals surface area contributed by atoms with E-state index in [1.54, 1.807) is 18.2 Å². The number of halogens is 2. The fourth-order valence-electron chi connectivity index (χ4n) is 2.31. The van der Waals surface area contributed by atoms with Crippen LogP contribution in [-0.2, 0) is 0 Å². The molecular weight excluding hydrogens is 375 g/mol. The largest absolute Gasteiger partial charge is 0.488 e. The van der Waals surface area contributed by atoms with Crippen LogP contribution in [0.1, 0.15) is 24.4 Å². The van der Waals surface area contributed by atoms with E-state index in [9.17, 15) is 5.26 Å². The van der Waals surface area contributed by atoms with Crippen LogP contribution in [0, 0.1) is 11.3 Å². The molecule has 1 heterocycles. The highest BCUT2D eigenvalue weighted by atomic mass is 35.5. The third-order valence-electron chi connectivity index (χ3n) is 3.33. The van der Waals surface area contributed by atoms with Gasteiger partial charge >= 0.3 is 0 Å². The van der Waals surface area contributed by atoms with Crippen molar-refractivity contribution < 1.29 is 4.74 Å². The summed E-state index contributed by atoms with van der Waals surface area (Å²) >= 11 is 14.0. The predicted octanol–water partition coefficient (Wildman–Crippen LogP) is 6.45. The number of thiazole rings is 1. The molecule has 0 N–H and O–H groups in total. The molecule has 0 fully saturated rings. The van der Waals surface area contributed by atoms with Crippen molar-refractivity contribution in [1.82, 2.24) is 4.98 Å². The van der Waals surface area contributed by atoms with Crippen LogP contribution in [0.25, 0.3) is 21.9 Å². The first-order valence-electron chi connectivity index (χ1n) is 7.61. The summed E-state index contributed by atoms with van der Waals surface area (Å²) in [5.41, 5.74) is 2.06. The molecule has 0 unspecified atom stereocenters. The van der Waals surface area contributed by atoms with Gasteiger partial charge in [0.15, 0.2) is 5.75 Å². The summed E-state index contributed by atoms with van der Waals surface area (Å²) in [4.78, 5) is 4.52. The fourth-order valence-corrected chi connectivity index (χ4v) is 3.83. The highest BCUT2D eigenvalue weighted by molar-refractivity contribution is 7.19. The van der Waals surface area contributed by atoms with Crippen molar-refractivity contribution >= 4 is 56.4 Å². The van der Waals surface area contributed by atoms with E-state index in [1.165, 1.54) is 11.3 Å². The van der Waals surface area contributed by atoms with Gasteiger partial charge in [0.05, 0.1) is 31.9 Å². The molecule has 3 rings (SSSR count). The second-order valence-electron chi connectivity index (χ2n) is 5.64. The van der Waals surface area contributed by atoms with Crippen LogP contribution in [0.15, 0.2) is 36.4 Å². The van der Waals surface area contributed by atoms with E-state index < -0.39 is 0 Å². The van der Waals surface area contributed by atoms with Crippen molar-refractivity contribution in [2.75, 3.05) is 0 Å². The van der Waals surface area contributed by atoms with Crippen LogP contribution >= 0.6 is 34.5 Å². The van der Waals surface area contributed by atoms with Crippen molar-refractivity contribution in [1.29, 1.82) is 5.26 Å². The lowest BCUT2D eigenvalue weighted by atomic mass is 10.1. The summed E-state index contributed by atoms with van der Waals surface area (Å²) in [5.74, 6) is 0.453. The Morgan fingerprint density at radius 2 is 1.92 bits per heavy atom. The first kappa shape index (κ1) is 17.8. The zero-order valence-corrected chi connectivity index (χ0v) is 15.9. The molecule has 0 saturated carbocycles. The maximum Gasteiger partial charge on any atom is 0.156 e. The number of aromatic nitrogens is 1. The van der Waals surface area contributed by atoms with Gasteiger partial charge in [-0.2, -0.15) is 5.26 Å². The minimum atomic E-state index is -0.0335. The normalized spacial score (nSPS) is 11.8. The number of para-hydroxylation sites is 1. The third-order valence-corrected chi connectivity index (χ3v) is 4.96. The highest BCUT2D eigenvalue weighted by Gasteiger charge is 2.13. The van der Waals surface area contributed by atoms with Crippen LogP contribution in [0.3, 0.4) is 0 Å². The number of nitriles is 1. The van der Waals surface area contributed by atoms with Crippen LogP contribution in [-0.4, -0.2) is 11.1 Å². The Kier molecular flexibility index (Phi) is 5.29. The van der Waals surface area contributed by atoms with Gasteiger partial charge in [-0.05, 0) is 49.8 Å². The second kappa shape index (κ2) is 7.45. The molecule has 0 amide bonds. The topological polar surface area (TPSA) is 45.9 Å². The fraction of sp³-hybridized carbons (Fsp3) is 0.158. The van der Waals surface area contributed by atoms with Crippen molar-refractivity contribution in [3.63, 3.8) is 0 Å². The van der Waals surface area contributed by atoms with Crippen molar-refractivity contribution in [3.8, 4) is 11.8 Å². The summed E-state index contributed by atoms with van der Waals surface area (Å²) in [6.07, 6.45) is 1.70. The Morgan fingerprint density at radius 3 is 2.52 bits per heavy atom. The average Bonchev–Trinajstić information content (AvgIpc) is 2.99. The molecule has 0 aliphatic rings. The average molecular weight is 389 g/mol. The van der Waals surface area contributed by atoms with Crippen LogP contribution < -0.4 is 4.74 Å². The zero-order chi connectivity index (χ0) is 18.0. The molecule has 25 heavy (non-hydrogen) atoms. The molecule has 0 spiro atoms. The summed E-state index contributed by atoms with van der Waals surface area (Å²) in [5, 5.41) is 11.0. The number of rotatable bonds is 4. The van der Waals surface area contributed by atoms with E-state index in [1.807, 2.05) is 38.1 Å². The number of nitrogens with zero attached hydrogens (tertiary/aromatic N) is 2. The predicted molar refractivity (Wildman–Crippen MR) is 105 cm³/mol. The molecule has 0 aliphatic heterocycles. The summed E-state index contributed by atoms with van der Waals surface area (Å²) in [6.45, 7) is 3.81. The van der Waals surface area contributed by atoms with Gasteiger partial charge in [0.25, 0.3) is 0 Å². The quantitative estimate of drug-likeness (QED) is 0.482. The van der Waals surface area contributed by atoms with E-state index in [2.05, 4.69) is 11.1 Å². The molecule has 0 radical (unpaired) electrons. The lowest BCUT2D eigenvalue weighted by molar-refractivity contribution is 0.243. The first-order chi connectivity index (χ1) is 12.0. The van der Waals surface area contributed by atoms with E-state index >= 15 is 0 Å². The van der Waals surface area contributed by atoms with Gasteiger partial charge in [0.1, 0.15) is 11.1 Å². The molecule has 126 valence electrons. The molecule has 6 heteroatoms. The van der Waals surface area contributed by atoms with Gasteiger partial charge in [0, 0.05) is 0 Å². The Hall–Kier alpha value is -2.06. The van der Waals surface area contributed by atoms with Gasteiger partial charge in [-0.15, -0.1) is 11.3 Å². The Morgan fingerprint density at radius 1 is 1.24 bits per heavy atom. The maximum atomic E-state index is 9.54. The SMILES string of the molecule is CC(C)Oc1c(Cl)cc(/C=C(/C#N)c2nc3ccccc3s2)cc1Cl. The Labute approximate surface area is 160 Å². The number of hydrogen-bond donors (Lipinski definition) is 0. The number of allylic oxidation sites excluding steroid dienone is 1. The zero-order valence-electron chi connectivity index (χ0n) is 13.6. The first-order valence-corrected chi connectivity index (χ1v) is 9.18. The van der Waals surface area contributed by atoms with Gasteiger partial charge in [0.2, 0.25) is 0 Å². The van der Waals surface area contributed by atoms with Gasteiger partial charge < -0.3 is 4.74 Å². The summed E-state index contributed by atoms with van der Waals surface area (Å²) in [7, 11) is 0. The van der Waals surface area contributed by atoms with E-state index in [0.717, 1.165) is 15.8 Å². The minimum Gasteiger partial charge on any atom is -0.488 e. The van der Waals surface area contributed by atoms with Crippen molar-refractivity contribution in [3.05, 3.63) is 57.0 Å². The van der Waals surface area contributed by atoms with Crippen LogP contribution in [0.2, 0.25) is 10.0 Å².